The Bertz CT molecular complexity index is 481. The molecule has 2 rings (SSSR count). The predicted molar refractivity (Wildman–Crippen MR) is 82.5 cm³/mol. The number of nitrogens with one attached hydrogen (secondary N) is 2. The van der Waals surface area contributed by atoms with Crippen LogP contribution in [-0.4, -0.2) is 28.9 Å². The number of halogens is 1. The summed E-state index contributed by atoms with van der Waals surface area (Å²) in [5, 5.41) is 10.9. The molecule has 6 heteroatoms. The van der Waals surface area contributed by atoms with Crippen molar-refractivity contribution in [1.29, 1.82) is 0 Å². The van der Waals surface area contributed by atoms with Crippen LogP contribution in [0.5, 0.6) is 0 Å². The van der Waals surface area contributed by atoms with Crippen LogP contribution < -0.4 is 16.2 Å². The molecule has 1 aliphatic carbocycles. The van der Waals surface area contributed by atoms with Gasteiger partial charge >= 0.3 is 0 Å². The maximum atomic E-state index is 11.6. The summed E-state index contributed by atoms with van der Waals surface area (Å²) in [6, 6.07) is 0.636. The largest absolute Gasteiger partial charge is 0.381 e. The van der Waals surface area contributed by atoms with Crippen LogP contribution in [0.1, 0.15) is 38.5 Å². The SMILES string of the molecule is Cn1ncc(NCCNC2CCCCCC2)c(Cl)c1=O. The van der Waals surface area contributed by atoms with E-state index in [1.54, 1.807) is 13.2 Å². The summed E-state index contributed by atoms with van der Waals surface area (Å²) in [5.74, 6) is 0. The number of aromatic nitrogens is 2. The highest BCUT2D eigenvalue weighted by atomic mass is 35.5. The molecule has 0 bridgehead atoms. The summed E-state index contributed by atoms with van der Waals surface area (Å²) in [4.78, 5) is 11.6. The molecule has 1 heterocycles. The Kier molecular flexibility index (Phi) is 5.86. The summed E-state index contributed by atoms with van der Waals surface area (Å²) in [5.41, 5.74) is 0.339. The van der Waals surface area contributed by atoms with Crippen molar-refractivity contribution in [2.75, 3.05) is 18.4 Å². The first-order valence-electron chi connectivity index (χ1n) is 7.37. The molecule has 5 nitrogen and oxygen atoms in total. The lowest BCUT2D eigenvalue weighted by Crippen LogP contribution is -2.33. The average Bonchev–Trinajstić information content (AvgIpc) is 2.72. The molecule has 0 saturated heterocycles. The normalized spacial score (nSPS) is 16.9. The predicted octanol–water partition coefficient (Wildman–Crippen LogP) is 2.16. The molecule has 1 aromatic rings. The molecule has 0 aliphatic heterocycles. The summed E-state index contributed by atoms with van der Waals surface area (Å²) in [6.45, 7) is 1.61. The zero-order chi connectivity index (χ0) is 14.4. The van der Waals surface area contributed by atoms with Gasteiger partial charge in [-0.15, -0.1) is 0 Å². The van der Waals surface area contributed by atoms with Gasteiger partial charge in [-0.1, -0.05) is 37.3 Å². The first-order valence-corrected chi connectivity index (χ1v) is 7.75. The van der Waals surface area contributed by atoms with Crippen molar-refractivity contribution in [3.05, 3.63) is 21.6 Å². The van der Waals surface area contributed by atoms with Gasteiger partial charge in [-0.05, 0) is 12.8 Å². The van der Waals surface area contributed by atoms with Gasteiger partial charge in [-0.2, -0.15) is 5.10 Å². The molecule has 0 amide bonds. The van der Waals surface area contributed by atoms with Gasteiger partial charge in [0.25, 0.3) is 5.56 Å². The third-order valence-corrected chi connectivity index (χ3v) is 4.17. The van der Waals surface area contributed by atoms with Gasteiger partial charge < -0.3 is 10.6 Å². The summed E-state index contributed by atoms with van der Waals surface area (Å²) in [7, 11) is 1.59. The number of hydrogen-bond acceptors (Lipinski definition) is 4. The topological polar surface area (TPSA) is 59.0 Å². The lowest BCUT2D eigenvalue weighted by Gasteiger charge is -2.16. The van der Waals surface area contributed by atoms with Crippen molar-refractivity contribution in [3.63, 3.8) is 0 Å². The van der Waals surface area contributed by atoms with Crippen molar-refractivity contribution in [2.24, 2.45) is 7.05 Å². The maximum Gasteiger partial charge on any atom is 0.287 e. The highest BCUT2D eigenvalue weighted by molar-refractivity contribution is 6.32. The van der Waals surface area contributed by atoms with Gasteiger partial charge in [0, 0.05) is 26.2 Å². The zero-order valence-corrected chi connectivity index (χ0v) is 12.7. The van der Waals surface area contributed by atoms with Gasteiger partial charge in [-0.25, -0.2) is 4.68 Å². The minimum atomic E-state index is -0.270. The number of hydrogen-bond donors (Lipinski definition) is 2. The molecular weight excluding hydrogens is 276 g/mol. The second kappa shape index (κ2) is 7.64. The van der Waals surface area contributed by atoms with Crippen LogP contribution in [0.4, 0.5) is 5.69 Å². The Morgan fingerprint density at radius 2 is 2.00 bits per heavy atom. The van der Waals surface area contributed by atoms with E-state index in [4.69, 9.17) is 11.6 Å². The van der Waals surface area contributed by atoms with Crippen LogP contribution in [0, 0.1) is 0 Å². The Hall–Kier alpha value is -1.07. The standard InChI is InChI=1S/C14H23ClN4O/c1-19-14(20)13(15)12(10-18-19)17-9-8-16-11-6-4-2-3-5-7-11/h10-11,16-17H,2-9H2,1H3. The molecule has 0 spiro atoms. The second-order valence-corrected chi connectivity index (χ2v) is 5.75. The highest BCUT2D eigenvalue weighted by Crippen LogP contribution is 2.17. The van der Waals surface area contributed by atoms with E-state index >= 15 is 0 Å². The van der Waals surface area contributed by atoms with E-state index in [0.717, 1.165) is 13.1 Å². The molecule has 0 atom stereocenters. The van der Waals surface area contributed by atoms with Crippen LogP contribution in [0.3, 0.4) is 0 Å². The van der Waals surface area contributed by atoms with Crippen molar-refractivity contribution < 1.29 is 0 Å². The molecule has 0 aromatic carbocycles. The zero-order valence-electron chi connectivity index (χ0n) is 12.0. The lowest BCUT2D eigenvalue weighted by molar-refractivity contribution is 0.468. The fraction of sp³-hybridized carbons (Fsp3) is 0.714. The van der Waals surface area contributed by atoms with E-state index < -0.39 is 0 Å². The third kappa shape index (κ3) is 4.21. The second-order valence-electron chi connectivity index (χ2n) is 5.37. The molecule has 1 aromatic heterocycles. The Morgan fingerprint density at radius 1 is 1.30 bits per heavy atom. The first-order chi connectivity index (χ1) is 9.68. The van der Waals surface area contributed by atoms with Gasteiger partial charge in [-0.3, -0.25) is 4.79 Å². The summed E-state index contributed by atoms with van der Waals surface area (Å²) in [6.07, 6.45) is 9.53. The quantitative estimate of drug-likeness (QED) is 0.646. The Labute approximate surface area is 124 Å². The van der Waals surface area contributed by atoms with E-state index in [9.17, 15) is 4.79 Å². The van der Waals surface area contributed by atoms with Crippen molar-refractivity contribution in [3.8, 4) is 0 Å². The number of rotatable bonds is 5. The number of nitrogens with zero attached hydrogens (tertiary/aromatic N) is 2. The minimum absolute atomic E-state index is 0.206. The molecule has 20 heavy (non-hydrogen) atoms. The monoisotopic (exact) mass is 298 g/mol. The van der Waals surface area contributed by atoms with Gasteiger partial charge in [0.2, 0.25) is 0 Å². The molecule has 0 unspecified atom stereocenters. The number of aryl methyl sites for hydroxylation is 1. The Morgan fingerprint density at radius 3 is 2.70 bits per heavy atom. The van der Waals surface area contributed by atoms with Gasteiger partial charge in [0.1, 0.15) is 5.02 Å². The maximum absolute atomic E-state index is 11.6. The average molecular weight is 299 g/mol. The van der Waals surface area contributed by atoms with Crippen molar-refractivity contribution in [2.45, 2.75) is 44.6 Å². The van der Waals surface area contributed by atoms with Gasteiger partial charge in [0.15, 0.2) is 0 Å². The van der Waals surface area contributed by atoms with E-state index in [2.05, 4.69) is 15.7 Å². The van der Waals surface area contributed by atoms with Crippen LogP contribution in [0.2, 0.25) is 5.02 Å². The van der Waals surface area contributed by atoms with Crippen LogP contribution >= 0.6 is 11.6 Å². The first kappa shape index (κ1) is 15.3. The lowest BCUT2D eigenvalue weighted by atomic mass is 10.1. The molecule has 1 aliphatic rings. The van der Waals surface area contributed by atoms with E-state index in [-0.39, 0.29) is 10.6 Å². The fourth-order valence-corrected chi connectivity index (χ4v) is 2.83. The fourth-order valence-electron chi connectivity index (χ4n) is 2.59. The van der Waals surface area contributed by atoms with Crippen LogP contribution in [0.25, 0.3) is 0 Å². The van der Waals surface area contributed by atoms with E-state index in [1.807, 2.05) is 0 Å². The summed E-state index contributed by atoms with van der Waals surface area (Å²) >= 11 is 5.99. The van der Waals surface area contributed by atoms with E-state index in [1.165, 1.54) is 43.2 Å². The van der Waals surface area contributed by atoms with Gasteiger partial charge in [0.05, 0.1) is 11.9 Å². The third-order valence-electron chi connectivity index (χ3n) is 3.81. The molecule has 2 N–H and O–H groups in total. The molecular formula is C14H23ClN4O. The molecule has 112 valence electrons. The highest BCUT2D eigenvalue weighted by Gasteiger charge is 2.11. The van der Waals surface area contributed by atoms with Crippen LogP contribution in [-0.2, 0) is 7.05 Å². The Balaban J connectivity index is 1.76. The smallest absolute Gasteiger partial charge is 0.287 e. The van der Waals surface area contributed by atoms with Crippen molar-refractivity contribution in [1.82, 2.24) is 15.1 Å². The van der Waals surface area contributed by atoms with Crippen LogP contribution in [0.15, 0.2) is 11.0 Å². The van der Waals surface area contributed by atoms with E-state index in [0.29, 0.717) is 11.7 Å². The van der Waals surface area contributed by atoms with Crippen molar-refractivity contribution >= 4 is 17.3 Å². The molecule has 1 saturated carbocycles. The molecule has 1 fully saturated rings. The summed E-state index contributed by atoms with van der Waals surface area (Å²) < 4.78 is 1.23. The number of anilines is 1. The minimum Gasteiger partial charge on any atom is -0.381 e. The molecule has 0 radical (unpaired) electrons.